The van der Waals surface area contributed by atoms with Gasteiger partial charge in [0.2, 0.25) is 0 Å². The van der Waals surface area contributed by atoms with Crippen molar-refractivity contribution in [1.82, 2.24) is 5.32 Å². The van der Waals surface area contributed by atoms with Crippen LogP contribution in [0.4, 0.5) is 0 Å². The molecule has 2 heterocycles. The summed E-state index contributed by atoms with van der Waals surface area (Å²) >= 11 is 0. The van der Waals surface area contributed by atoms with E-state index in [1.807, 2.05) is 0 Å². The summed E-state index contributed by atoms with van der Waals surface area (Å²) in [6, 6.07) is 0.763. The molecule has 0 aliphatic carbocycles. The van der Waals surface area contributed by atoms with Crippen LogP contribution in [0, 0.1) is 17.3 Å². The SMILES string of the molecule is CC(C)(C)C1CNC1C1CCOCC1. The van der Waals surface area contributed by atoms with Gasteiger partial charge in [-0.3, -0.25) is 0 Å². The lowest BCUT2D eigenvalue weighted by molar-refractivity contribution is -0.00189. The van der Waals surface area contributed by atoms with E-state index in [1.165, 1.54) is 19.4 Å². The second-order valence-corrected chi connectivity index (χ2v) is 5.86. The van der Waals surface area contributed by atoms with Crippen LogP contribution in [-0.2, 0) is 4.74 Å². The zero-order valence-corrected chi connectivity index (χ0v) is 9.68. The molecule has 2 aliphatic rings. The molecule has 2 fully saturated rings. The summed E-state index contributed by atoms with van der Waals surface area (Å²) in [5.41, 5.74) is 0.466. The molecule has 2 heteroatoms. The molecule has 2 nitrogen and oxygen atoms in total. The van der Waals surface area contributed by atoms with Crippen molar-refractivity contribution in [3.05, 3.63) is 0 Å². The fourth-order valence-corrected chi connectivity index (χ4v) is 2.79. The van der Waals surface area contributed by atoms with E-state index in [2.05, 4.69) is 26.1 Å². The highest BCUT2D eigenvalue weighted by atomic mass is 16.5. The van der Waals surface area contributed by atoms with Gasteiger partial charge < -0.3 is 10.1 Å². The molecule has 0 spiro atoms. The molecule has 0 aromatic heterocycles. The van der Waals surface area contributed by atoms with Crippen molar-refractivity contribution in [3.63, 3.8) is 0 Å². The average molecular weight is 197 g/mol. The van der Waals surface area contributed by atoms with Gasteiger partial charge in [0.1, 0.15) is 0 Å². The highest BCUT2D eigenvalue weighted by Crippen LogP contribution is 2.38. The van der Waals surface area contributed by atoms with E-state index in [4.69, 9.17) is 4.74 Å². The van der Waals surface area contributed by atoms with Crippen molar-refractivity contribution in [2.45, 2.75) is 39.7 Å². The first-order chi connectivity index (χ1) is 6.59. The van der Waals surface area contributed by atoms with E-state index in [9.17, 15) is 0 Å². The van der Waals surface area contributed by atoms with Gasteiger partial charge in [0.25, 0.3) is 0 Å². The first-order valence-corrected chi connectivity index (χ1v) is 5.90. The number of nitrogens with one attached hydrogen (secondary N) is 1. The predicted octanol–water partition coefficient (Wildman–Crippen LogP) is 2.05. The highest BCUT2D eigenvalue weighted by molar-refractivity contribution is 4.98. The molecule has 0 radical (unpaired) electrons. The summed E-state index contributed by atoms with van der Waals surface area (Å²) < 4.78 is 5.41. The summed E-state index contributed by atoms with van der Waals surface area (Å²) in [6.07, 6.45) is 2.51. The second kappa shape index (κ2) is 3.82. The summed E-state index contributed by atoms with van der Waals surface area (Å²) in [7, 11) is 0. The molecule has 0 amide bonds. The zero-order chi connectivity index (χ0) is 10.2. The van der Waals surface area contributed by atoms with Gasteiger partial charge in [0.05, 0.1) is 0 Å². The van der Waals surface area contributed by atoms with Crippen LogP contribution < -0.4 is 5.32 Å². The van der Waals surface area contributed by atoms with E-state index >= 15 is 0 Å². The molecule has 0 saturated carbocycles. The molecule has 1 N–H and O–H groups in total. The van der Waals surface area contributed by atoms with Gasteiger partial charge >= 0.3 is 0 Å². The Hall–Kier alpha value is -0.0800. The quantitative estimate of drug-likeness (QED) is 0.694. The lowest BCUT2D eigenvalue weighted by Gasteiger charge is -2.50. The molecule has 2 atom stereocenters. The summed E-state index contributed by atoms with van der Waals surface area (Å²) in [5.74, 6) is 1.73. The van der Waals surface area contributed by atoms with E-state index in [0.29, 0.717) is 5.41 Å². The minimum absolute atomic E-state index is 0.466. The molecule has 2 aliphatic heterocycles. The summed E-state index contributed by atoms with van der Waals surface area (Å²) in [5, 5.41) is 3.62. The van der Waals surface area contributed by atoms with Crippen LogP contribution in [0.2, 0.25) is 0 Å². The molecule has 14 heavy (non-hydrogen) atoms. The Kier molecular flexibility index (Phi) is 2.85. The molecular weight excluding hydrogens is 174 g/mol. The van der Waals surface area contributed by atoms with Crippen LogP contribution in [-0.4, -0.2) is 25.8 Å². The normalized spacial score (nSPS) is 35.4. The number of ether oxygens (including phenoxy) is 1. The first-order valence-electron chi connectivity index (χ1n) is 5.90. The van der Waals surface area contributed by atoms with Crippen LogP contribution in [0.15, 0.2) is 0 Å². The Bertz CT molecular complexity index is 191. The Morgan fingerprint density at radius 1 is 1.14 bits per heavy atom. The molecule has 0 aromatic rings. The fraction of sp³-hybridized carbons (Fsp3) is 1.00. The third-order valence-electron chi connectivity index (χ3n) is 3.89. The van der Waals surface area contributed by atoms with Gasteiger partial charge in [0, 0.05) is 25.8 Å². The number of hydrogen-bond acceptors (Lipinski definition) is 2. The van der Waals surface area contributed by atoms with E-state index in [1.54, 1.807) is 0 Å². The van der Waals surface area contributed by atoms with Crippen LogP contribution in [0.5, 0.6) is 0 Å². The third-order valence-corrected chi connectivity index (χ3v) is 3.89. The van der Waals surface area contributed by atoms with Crippen molar-refractivity contribution in [2.75, 3.05) is 19.8 Å². The maximum atomic E-state index is 5.41. The van der Waals surface area contributed by atoms with Gasteiger partial charge in [-0.15, -0.1) is 0 Å². The van der Waals surface area contributed by atoms with Crippen molar-refractivity contribution < 1.29 is 4.74 Å². The largest absolute Gasteiger partial charge is 0.381 e. The number of rotatable bonds is 1. The van der Waals surface area contributed by atoms with Crippen LogP contribution >= 0.6 is 0 Å². The van der Waals surface area contributed by atoms with E-state index < -0.39 is 0 Å². The maximum absolute atomic E-state index is 5.41. The molecule has 2 saturated heterocycles. The highest BCUT2D eigenvalue weighted by Gasteiger charge is 2.42. The molecule has 0 aromatic carbocycles. The Morgan fingerprint density at radius 3 is 2.21 bits per heavy atom. The van der Waals surface area contributed by atoms with Gasteiger partial charge in [-0.1, -0.05) is 20.8 Å². The van der Waals surface area contributed by atoms with E-state index in [0.717, 1.165) is 31.1 Å². The molecule has 2 rings (SSSR count). The molecule has 2 unspecified atom stereocenters. The minimum Gasteiger partial charge on any atom is -0.381 e. The average Bonchev–Trinajstić information content (AvgIpc) is 2.00. The predicted molar refractivity (Wildman–Crippen MR) is 58.3 cm³/mol. The fourth-order valence-electron chi connectivity index (χ4n) is 2.79. The summed E-state index contributed by atoms with van der Waals surface area (Å²) in [4.78, 5) is 0. The lowest BCUT2D eigenvalue weighted by atomic mass is 9.66. The second-order valence-electron chi connectivity index (χ2n) is 5.86. The van der Waals surface area contributed by atoms with Crippen molar-refractivity contribution in [3.8, 4) is 0 Å². The maximum Gasteiger partial charge on any atom is 0.0469 e. The van der Waals surface area contributed by atoms with Crippen LogP contribution in [0.1, 0.15) is 33.6 Å². The Morgan fingerprint density at radius 2 is 1.79 bits per heavy atom. The Labute approximate surface area is 87.4 Å². The molecular formula is C12H23NO. The molecule has 0 bridgehead atoms. The monoisotopic (exact) mass is 197 g/mol. The molecule has 82 valence electrons. The standard InChI is InChI=1S/C12H23NO/c1-12(2,3)10-8-13-11(10)9-4-6-14-7-5-9/h9-11,13H,4-8H2,1-3H3. The lowest BCUT2D eigenvalue weighted by Crippen LogP contribution is -2.61. The topological polar surface area (TPSA) is 21.3 Å². The zero-order valence-electron chi connectivity index (χ0n) is 9.68. The Balaban J connectivity index is 1.91. The third kappa shape index (κ3) is 1.96. The van der Waals surface area contributed by atoms with Crippen molar-refractivity contribution in [2.24, 2.45) is 17.3 Å². The number of hydrogen-bond donors (Lipinski definition) is 1. The minimum atomic E-state index is 0.466. The van der Waals surface area contributed by atoms with Crippen LogP contribution in [0.3, 0.4) is 0 Å². The van der Waals surface area contributed by atoms with Gasteiger partial charge in [-0.2, -0.15) is 0 Å². The van der Waals surface area contributed by atoms with Gasteiger partial charge in [-0.05, 0) is 30.1 Å². The smallest absolute Gasteiger partial charge is 0.0469 e. The summed E-state index contributed by atoms with van der Waals surface area (Å²) in [6.45, 7) is 10.3. The van der Waals surface area contributed by atoms with Crippen molar-refractivity contribution >= 4 is 0 Å². The van der Waals surface area contributed by atoms with Crippen LogP contribution in [0.25, 0.3) is 0 Å². The van der Waals surface area contributed by atoms with E-state index in [-0.39, 0.29) is 0 Å². The van der Waals surface area contributed by atoms with Gasteiger partial charge in [0.15, 0.2) is 0 Å². The van der Waals surface area contributed by atoms with Gasteiger partial charge in [-0.25, -0.2) is 0 Å². The van der Waals surface area contributed by atoms with Crippen molar-refractivity contribution in [1.29, 1.82) is 0 Å². The first kappa shape index (κ1) is 10.4.